The Kier molecular flexibility index (Phi) is 8.74. The number of rotatable bonds is 8. The lowest BCUT2D eigenvalue weighted by molar-refractivity contribution is -0.144. The third-order valence-corrected chi connectivity index (χ3v) is 6.87. The first kappa shape index (κ1) is 29.0. The van der Waals surface area contributed by atoms with E-state index in [2.05, 4.69) is 9.97 Å². The van der Waals surface area contributed by atoms with E-state index >= 15 is 0 Å². The Morgan fingerprint density at radius 2 is 1.50 bits per heavy atom. The number of aliphatic carboxylic acids is 1. The molecule has 4 atom stereocenters. The molecule has 4 unspecified atom stereocenters. The average Bonchev–Trinajstić information content (AvgIpc) is 3.19. The van der Waals surface area contributed by atoms with Crippen molar-refractivity contribution < 1.29 is 28.9 Å². The predicted molar refractivity (Wildman–Crippen MR) is 142 cm³/mol. The topological polar surface area (TPSA) is 114 Å². The molecule has 1 aromatic heterocycles. The number of urea groups is 1. The summed E-state index contributed by atoms with van der Waals surface area (Å²) in [5, 5.41) is 10.6. The molecule has 1 aromatic carbocycles. The zero-order chi connectivity index (χ0) is 28.4. The van der Waals surface area contributed by atoms with Crippen LogP contribution >= 0.6 is 0 Å². The van der Waals surface area contributed by atoms with E-state index in [9.17, 15) is 14.7 Å². The number of ether oxygens (including phenoxy) is 3. The Labute approximate surface area is 224 Å². The summed E-state index contributed by atoms with van der Waals surface area (Å²) in [5.41, 5.74) is 0.186. The molecule has 2 aromatic rings. The molecule has 0 saturated carbocycles. The molecule has 2 amide bonds. The van der Waals surface area contributed by atoms with E-state index in [1.807, 2.05) is 78.8 Å². The van der Waals surface area contributed by atoms with Crippen LogP contribution in [-0.2, 0) is 4.79 Å². The number of aromatic nitrogens is 2. The molecule has 0 radical (unpaired) electrons. The highest BCUT2D eigenvalue weighted by Crippen LogP contribution is 2.50. The maximum Gasteiger partial charge on any atom is 0.326 e. The largest absolute Gasteiger partial charge is 0.481 e. The van der Waals surface area contributed by atoms with Gasteiger partial charge in [0.25, 0.3) is 0 Å². The van der Waals surface area contributed by atoms with E-state index in [1.165, 1.54) is 25.2 Å². The van der Waals surface area contributed by atoms with Gasteiger partial charge in [-0.05, 0) is 38.7 Å². The molecule has 208 valence electrons. The van der Waals surface area contributed by atoms with Crippen LogP contribution in [-0.4, -0.2) is 75.3 Å². The molecule has 1 fully saturated rings. The molecule has 0 bridgehead atoms. The van der Waals surface area contributed by atoms with Gasteiger partial charge in [-0.25, -0.2) is 9.59 Å². The number of nitrogens with zero attached hydrogens (tertiary/aromatic N) is 4. The molecule has 1 saturated heterocycles. The van der Waals surface area contributed by atoms with Gasteiger partial charge < -0.3 is 24.2 Å². The van der Waals surface area contributed by atoms with E-state index in [1.54, 1.807) is 4.90 Å². The lowest BCUT2D eigenvalue weighted by Crippen LogP contribution is -2.55. The summed E-state index contributed by atoms with van der Waals surface area (Å²) < 4.78 is 17.1. The Bertz CT molecular complexity index is 1090. The Hall–Kier alpha value is -3.56. The van der Waals surface area contributed by atoms with E-state index < -0.39 is 35.5 Å². The highest BCUT2D eigenvalue weighted by atomic mass is 16.5. The van der Waals surface area contributed by atoms with Gasteiger partial charge in [0.15, 0.2) is 0 Å². The van der Waals surface area contributed by atoms with Gasteiger partial charge in [-0.2, -0.15) is 9.97 Å². The second-order valence-electron chi connectivity index (χ2n) is 11.1. The summed E-state index contributed by atoms with van der Waals surface area (Å²) in [7, 11) is 2.94. The van der Waals surface area contributed by atoms with Crippen molar-refractivity contribution in [2.75, 3.05) is 14.2 Å². The molecule has 1 N–H and O–H groups in total. The zero-order valence-corrected chi connectivity index (χ0v) is 23.7. The first-order chi connectivity index (χ1) is 17.8. The van der Waals surface area contributed by atoms with E-state index in [0.29, 0.717) is 0 Å². The molecule has 10 heteroatoms. The van der Waals surface area contributed by atoms with Crippen LogP contribution in [0.3, 0.4) is 0 Å². The van der Waals surface area contributed by atoms with Crippen LogP contribution in [0.15, 0.2) is 36.4 Å². The van der Waals surface area contributed by atoms with Crippen molar-refractivity contribution in [3.05, 3.63) is 42.0 Å². The normalized spacial score (nSPS) is 21.5. The number of benzene rings is 1. The number of hydrogen-bond donors (Lipinski definition) is 1. The van der Waals surface area contributed by atoms with Crippen molar-refractivity contribution in [3.8, 4) is 17.8 Å². The minimum absolute atomic E-state index is 0.0237. The fraction of sp³-hybridized carbons (Fsp3) is 0.571. The number of carboxylic acids is 1. The molecular formula is C28H40N4O6. The first-order valence-electron chi connectivity index (χ1n) is 12.8. The quantitative estimate of drug-likeness (QED) is 0.527. The van der Waals surface area contributed by atoms with Gasteiger partial charge in [0.1, 0.15) is 12.1 Å². The van der Waals surface area contributed by atoms with Crippen LogP contribution in [0.5, 0.6) is 17.8 Å². The molecule has 1 aliphatic heterocycles. The van der Waals surface area contributed by atoms with Crippen molar-refractivity contribution in [2.45, 2.75) is 78.7 Å². The van der Waals surface area contributed by atoms with E-state index in [0.717, 1.165) is 5.56 Å². The molecule has 38 heavy (non-hydrogen) atoms. The Morgan fingerprint density at radius 3 is 1.92 bits per heavy atom. The van der Waals surface area contributed by atoms with Crippen LogP contribution in [0.2, 0.25) is 0 Å². The number of methoxy groups -OCH3 is 2. The first-order valence-corrected chi connectivity index (χ1v) is 12.8. The Morgan fingerprint density at radius 1 is 0.974 bits per heavy atom. The van der Waals surface area contributed by atoms with Gasteiger partial charge in [-0.15, -0.1) is 0 Å². The van der Waals surface area contributed by atoms with Crippen molar-refractivity contribution in [1.29, 1.82) is 0 Å². The second-order valence-corrected chi connectivity index (χ2v) is 11.1. The van der Waals surface area contributed by atoms with Gasteiger partial charge in [-0.3, -0.25) is 4.90 Å². The smallest absolute Gasteiger partial charge is 0.326 e. The minimum atomic E-state index is -1.16. The molecule has 0 aliphatic carbocycles. The standard InChI is InChI=1S/C28H40N4O6/c1-16(2)31(17(3)4)27(35)32-22(18-13-11-10-12-14-18)24(21(28(5,6)7)23(32)25(33)34)38-26-29-19(36-8)15-20(30-26)37-9/h10-17,21-24H,1-9H3,(H,33,34). The number of carboxylic acid groups (broad SMARTS) is 1. The van der Waals surface area contributed by atoms with E-state index in [4.69, 9.17) is 14.2 Å². The predicted octanol–water partition coefficient (Wildman–Crippen LogP) is 4.65. The summed E-state index contributed by atoms with van der Waals surface area (Å²) >= 11 is 0. The lowest BCUT2D eigenvalue weighted by atomic mass is 9.73. The SMILES string of the molecule is COc1cc(OC)nc(OC2C(c3ccccc3)N(C(=O)N(C(C)C)C(C)C)C(C(=O)O)C2C(C)(C)C)n1. The molecule has 1 aliphatic rings. The third-order valence-electron chi connectivity index (χ3n) is 6.87. The van der Waals surface area contributed by atoms with Gasteiger partial charge >= 0.3 is 18.0 Å². The number of amides is 2. The molecule has 0 spiro atoms. The van der Waals surface area contributed by atoms with Crippen molar-refractivity contribution in [1.82, 2.24) is 19.8 Å². The number of carbonyl (C=O) groups is 2. The van der Waals surface area contributed by atoms with Crippen molar-refractivity contribution in [2.24, 2.45) is 11.3 Å². The van der Waals surface area contributed by atoms with Crippen LogP contribution in [0, 0.1) is 11.3 Å². The van der Waals surface area contributed by atoms with Crippen LogP contribution in [0.25, 0.3) is 0 Å². The average molecular weight is 529 g/mol. The maximum absolute atomic E-state index is 14.3. The van der Waals surface area contributed by atoms with Gasteiger partial charge in [0.05, 0.1) is 26.3 Å². The fourth-order valence-corrected chi connectivity index (χ4v) is 5.43. The van der Waals surface area contributed by atoms with Crippen molar-refractivity contribution >= 4 is 12.0 Å². The summed E-state index contributed by atoms with van der Waals surface area (Å²) in [6.07, 6.45) is -0.791. The fourth-order valence-electron chi connectivity index (χ4n) is 5.43. The summed E-state index contributed by atoms with van der Waals surface area (Å²) in [6.45, 7) is 13.6. The monoisotopic (exact) mass is 528 g/mol. The number of likely N-dealkylation sites (tertiary alicyclic amines) is 1. The van der Waals surface area contributed by atoms with E-state index in [-0.39, 0.29) is 35.9 Å². The van der Waals surface area contributed by atoms with Gasteiger partial charge in [0, 0.05) is 18.0 Å². The number of hydrogen-bond acceptors (Lipinski definition) is 7. The lowest BCUT2D eigenvalue weighted by Gasteiger charge is -2.39. The van der Waals surface area contributed by atoms with Crippen LogP contribution in [0.1, 0.15) is 60.1 Å². The summed E-state index contributed by atoms with van der Waals surface area (Å²) in [6, 6.07) is 8.33. The van der Waals surface area contributed by atoms with Gasteiger partial charge in [0.2, 0.25) is 11.8 Å². The molecular weight excluding hydrogens is 488 g/mol. The maximum atomic E-state index is 14.3. The second kappa shape index (κ2) is 11.4. The highest BCUT2D eigenvalue weighted by molar-refractivity contribution is 5.85. The molecule has 2 heterocycles. The molecule has 10 nitrogen and oxygen atoms in total. The third kappa shape index (κ3) is 5.79. The van der Waals surface area contributed by atoms with Crippen LogP contribution in [0.4, 0.5) is 4.79 Å². The molecule has 3 rings (SSSR count). The van der Waals surface area contributed by atoms with Gasteiger partial charge in [-0.1, -0.05) is 51.1 Å². The summed E-state index contributed by atoms with van der Waals surface area (Å²) in [4.78, 5) is 39.1. The highest BCUT2D eigenvalue weighted by Gasteiger charge is 2.60. The van der Waals surface area contributed by atoms with Crippen molar-refractivity contribution in [3.63, 3.8) is 0 Å². The minimum Gasteiger partial charge on any atom is -0.481 e. The zero-order valence-electron chi connectivity index (χ0n) is 23.7. The summed E-state index contributed by atoms with van der Waals surface area (Å²) in [5.74, 6) is -1.23. The van der Waals surface area contributed by atoms with Crippen LogP contribution < -0.4 is 14.2 Å². The number of carbonyl (C=O) groups excluding carboxylic acids is 1. The Balaban J connectivity index is 2.27.